The van der Waals surface area contributed by atoms with Crippen LogP contribution in [-0.4, -0.2) is 50.1 Å². The largest absolute Gasteiger partial charge is 0.380 e. The number of primary amides is 1. The molecule has 0 saturated carbocycles. The molecule has 0 spiro atoms. The van der Waals surface area contributed by atoms with E-state index in [0.717, 1.165) is 11.3 Å². The highest BCUT2D eigenvalue weighted by atomic mass is 16.3. The maximum atomic E-state index is 11.7. The van der Waals surface area contributed by atoms with Gasteiger partial charge in [0, 0.05) is 49.2 Å². The third kappa shape index (κ3) is 4.56. The molecule has 0 unspecified atom stereocenters. The average Bonchev–Trinajstić information content (AvgIpc) is 3.10. The molecule has 2 aromatic heterocycles. The lowest BCUT2D eigenvalue weighted by Gasteiger charge is -2.09. The van der Waals surface area contributed by atoms with E-state index in [2.05, 4.69) is 27.1 Å². The summed E-state index contributed by atoms with van der Waals surface area (Å²) in [4.78, 5) is 30.8. The number of carbonyl (C=O) groups is 1. The van der Waals surface area contributed by atoms with Gasteiger partial charge in [-0.05, 0) is 19.1 Å². The van der Waals surface area contributed by atoms with Crippen molar-refractivity contribution in [3.05, 3.63) is 58.5 Å². The van der Waals surface area contributed by atoms with Crippen molar-refractivity contribution >= 4 is 11.6 Å². The van der Waals surface area contributed by atoms with Gasteiger partial charge in [-0.15, -0.1) is 4.91 Å². The van der Waals surface area contributed by atoms with Crippen molar-refractivity contribution in [2.75, 3.05) is 13.6 Å². The topological polar surface area (TPSA) is 126 Å². The van der Waals surface area contributed by atoms with E-state index in [0.29, 0.717) is 29.9 Å². The number of aliphatic hydroxyl groups is 1. The third-order valence-electron chi connectivity index (χ3n) is 4.31. The van der Waals surface area contributed by atoms with Gasteiger partial charge < -0.3 is 15.2 Å². The van der Waals surface area contributed by atoms with Gasteiger partial charge >= 0.3 is 0 Å². The van der Waals surface area contributed by atoms with Crippen LogP contribution in [0.5, 0.6) is 0 Å². The van der Waals surface area contributed by atoms with Gasteiger partial charge in [0.15, 0.2) is 5.65 Å². The number of aliphatic hydroxyl groups excluding tert-OH is 1. The second-order valence-corrected chi connectivity index (χ2v) is 6.55. The molecule has 148 valence electrons. The average molecular weight is 392 g/mol. The molecule has 3 rings (SSSR count). The van der Waals surface area contributed by atoms with Crippen LogP contribution in [0.25, 0.3) is 16.9 Å². The monoisotopic (exact) mass is 392 g/mol. The number of aryl methyl sites for hydroxylation is 1. The van der Waals surface area contributed by atoms with Crippen molar-refractivity contribution in [2.24, 2.45) is 11.0 Å². The first-order chi connectivity index (χ1) is 13.9. The van der Waals surface area contributed by atoms with E-state index in [1.165, 1.54) is 12.1 Å². The van der Waals surface area contributed by atoms with Gasteiger partial charge in [-0.25, -0.2) is 9.97 Å². The van der Waals surface area contributed by atoms with Gasteiger partial charge in [0.25, 0.3) is 5.91 Å². The second kappa shape index (κ2) is 8.50. The Kier molecular flexibility index (Phi) is 5.85. The van der Waals surface area contributed by atoms with Gasteiger partial charge in [-0.2, -0.15) is 0 Å². The van der Waals surface area contributed by atoms with E-state index in [1.807, 2.05) is 13.0 Å². The molecule has 3 N–H and O–H groups in total. The number of nitroso groups, excluding NO2 is 1. The number of nitrogens with two attached hydrogens (primary N) is 1. The van der Waals surface area contributed by atoms with Crippen LogP contribution in [0, 0.1) is 23.7 Å². The Morgan fingerprint density at radius 2 is 2.24 bits per heavy atom. The van der Waals surface area contributed by atoms with Gasteiger partial charge in [-0.3, -0.25) is 9.80 Å². The first kappa shape index (κ1) is 20.0. The molecule has 1 amide bonds. The number of hydrogen-bond donors (Lipinski definition) is 2. The Morgan fingerprint density at radius 1 is 1.45 bits per heavy atom. The highest BCUT2D eigenvalue weighted by Gasteiger charge is 2.14. The molecular formula is C20H20N6O3. The molecule has 1 atom stereocenters. The fraction of sp³-hybridized carbons (Fsp3) is 0.250. The number of imidazole rings is 1. The molecule has 0 fully saturated rings. The molecule has 0 saturated heterocycles. The van der Waals surface area contributed by atoms with Crippen LogP contribution in [-0.2, 0) is 0 Å². The summed E-state index contributed by atoms with van der Waals surface area (Å²) in [6.07, 6.45) is 2.66. The molecule has 0 aliphatic carbocycles. The van der Waals surface area contributed by atoms with E-state index in [4.69, 9.17) is 5.73 Å². The SMILES string of the molecule is Cc1cnc2c(-c3cccc(C#C[C@H](O)CCN(C)N=O)c3)nc(C(N)=O)cn12. The molecule has 29 heavy (non-hydrogen) atoms. The summed E-state index contributed by atoms with van der Waals surface area (Å²) >= 11 is 0. The molecule has 1 aromatic carbocycles. The lowest BCUT2D eigenvalue weighted by Crippen LogP contribution is -2.17. The molecule has 0 bridgehead atoms. The fourth-order valence-corrected chi connectivity index (χ4v) is 2.75. The zero-order valence-electron chi connectivity index (χ0n) is 16.0. The van der Waals surface area contributed by atoms with Crippen molar-refractivity contribution in [3.8, 4) is 23.1 Å². The minimum Gasteiger partial charge on any atom is -0.380 e. The lowest BCUT2D eigenvalue weighted by atomic mass is 10.1. The Hall–Kier alpha value is -3.77. The van der Waals surface area contributed by atoms with Gasteiger partial charge in [-0.1, -0.05) is 24.0 Å². The van der Waals surface area contributed by atoms with Gasteiger partial charge in [0.2, 0.25) is 0 Å². The van der Waals surface area contributed by atoms with Crippen LogP contribution in [0.3, 0.4) is 0 Å². The van der Waals surface area contributed by atoms with Crippen LogP contribution in [0.1, 0.15) is 28.2 Å². The Bertz CT molecular complexity index is 1130. The van der Waals surface area contributed by atoms with Gasteiger partial charge in [0.1, 0.15) is 17.5 Å². The first-order valence-corrected chi connectivity index (χ1v) is 8.88. The zero-order valence-corrected chi connectivity index (χ0v) is 16.0. The summed E-state index contributed by atoms with van der Waals surface area (Å²) in [7, 11) is 1.53. The quantitative estimate of drug-likeness (QED) is 0.372. The second-order valence-electron chi connectivity index (χ2n) is 6.55. The van der Waals surface area contributed by atoms with E-state index < -0.39 is 12.0 Å². The standard InChI is InChI=1S/C20H20N6O3/c1-13-11-22-20-18(23-17(19(21)28)12-26(13)20)15-5-3-4-14(10-15)6-7-16(27)8-9-25(2)24-29/h3-5,10-12,16,27H,8-9H2,1-2H3,(H2,21,28)/t16-/m0/s1. The molecular weight excluding hydrogens is 372 g/mol. The summed E-state index contributed by atoms with van der Waals surface area (Å²) in [5, 5.41) is 13.9. The fourth-order valence-electron chi connectivity index (χ4n) is 2.75. The van der Waals surface area contributed by atoms with E-state index in [1.54, 1.807) is 35.0 Å². The summed E-state index contributed by atoms with van der Waals surface area (Å²) < 4.78 is 1.77. The molecule has 0 aliphatic heterocycles. The van der Waals surface area contributed by atoms with Gasteiger partial charge in [0.05, 0.1) is 5.29 Å². The molecule has 9 heteroatoms. The van der Waals surface area contributed by atoms with E-state index in [9.17, 15) is 14.8 Å². The van der Waals surface area contributed by atoms with Crippen LogP contribution >= 0.6 is 0 Å². The highest BCUT2D eigenvalue weighted by molar-refractivity contribution is 5.92. The van der Waals surface area contributed by atoms with Crippen LogP contribution in [0.15, 0.2) is 41.9 Å². The molecule has 2 heterocycles. The number of fused-ring (bicyclic) bond motifs is 1. The van der Waals surface area contributed by atoms with E-state index >= 15 is 0 Å². The smallest absolute Gasteiger partial charge is 0.268 e. The van der Waals surface area contributed by atoms with Crippen LogP contribution in [0.4, 0.5) is 0 Å². The number of amides is 1. The maximum Gasteiger partial charge on any atom is 0.268 e. The molecule has 0 aliphatic rings. The van der Waals surface area contributed by atoms with Crippen molar-refractivity contribution < 1.29 is 9.90 Å². The van der Waals surface area contributed by atoms with Crippen LogP contribution in [0.2, 0.25) is 0 Å². The molecule has 9 nitrogen and oxygen atoms in total. The summed E-state index contributed by atoms with van der Waals surface area (Å²) in [6, 6.07) is 7.24. The minimum atomic E-state index is -0.888. The summed E-state index contributed by atoms with van der Waals surface area (Å²) in [6.45, 7) is 2.18. The Balaban J connectivity index is 1.94. The zero-order chi connectivity index (χ0) is 21.0. The highest BCUT2D eigenvalue weighted by Crippen LogP contribution is 2.24. The van der Waals surface area contributed by atoms with Crippen molar-refractivity contribution in [1.82, 2.24) is 19.4 Å². The number of aromatic nitrogens is 3. The number of rotatable bonds is 6. The van der Waals surface area contributed by atoms with Crippen LogP contribution < -0.4 is 5.73 Å². The van der Waals surface area contributed by atoms with Crippen molar-refractivity contribution in [3.63, 3.8) is 0 Å². The third-order valence-corrected chi connectivity index (χ3v) is 4.31. The molecule has 0 radical (unpaired) electrons. The lowest BCUT2D eigenvalue weighted by molar-refractivity contribution is 0.0995. The number of nitrogens with zero attached hydrogens (tertiary/aromatic N) is 5. The van der Waals surface area contributed by atoms with E-state index in [-0.39, 0.29) is 5.69 Å². The number of benzene rings is 1. The number of carbonyl (C=O) groups excluding carboxylic acids is 1. The minimum absolute atomic E-state index is 0.133. The summed E-state index contributed by atoms with van der Waals surface area (Å²) in [5.41, 5.74) is 8.90. The van der Waals surface area contributed by atoms with Crippen molar-refractivity contribution in [2.45, 2.75) is 19.4 Å². The number of hydrogen-bond acceptors (Lipinski definition) is 6. The normalized spacial score (nSPS) is 11.6. The van der Waals surface area contributed by atoms with Crippen molar-refractivity contribution in [1.29, 1.82) is 0 Å². The predicted molar refractivity (Wildman–Crippen MR) is 108 cm³/mol. The Morgan fingerprint density at radius 3 is 2.97 bits per heavy atom. The Labute approximate surface area is 167 Å². The first-order valence-electron chi connectivity index (χ1n) is 8.88. The summed E-state index contributed by atoms with van der Waals surface area (Å²) in [5.74, 6) is 5.03. The predicted octanol–water partition coefficient (Wildman–Crippen LogP) is 1.52. The molecule has 3 aromatic rings. The maximum absolute atomic E-state index is 11.7.